The molecular weight excluding hydrogens is 286 g/mol. The molecule has 1 aromatic carbocycles. The van der Waals surface area contributed by atoms with Gasteiger partial charge in [0.25, 0.3) is 0 Å². The lowest BCUT2D eigenvalue weighted by Crippen LogP contribution is -2.43. The molecule has 5 heteroatoms. The van der Waals surface area contributed by atoms with Crippen LogP contribution in [0.5, 0.6) is 0 Å². The fraction of sp³-hybridized carbons (Fsp3) is 0.562. The van der Waals surface area contributed by atoms with E-state index in [-0.39, 0.29) is 30.3 Å². The zero-order valence-electron chi connectivity index (χ0n) is 12.8. The molecule has 2 unspecified atom stereocenters. The first-order chi connectivity index (χ1) is 9.65. The first-order valence-electron chi connectivity index (χ1n) is 7.38. The summed E-state index contributed by atoms with van der Waals surface area (Å²) in [5.41, 5.74) is 1.30. The smallest absolute Gasteiger partial charge is 0.224 e. The molecule has 1 aliphatic rings. The summed E-state index contributed by atoms with van der Waals surface area (Å²) in [7, 11) is 2.09. The highest BCUT2D eigenvalue weighted by Gasteiger charge is 2.23. The van der Waals surface area contributed by atoms with Crippen LogP contribution in [0.1, 0.15) is 18.9 Å². The van der Waals surface area contributed by atoms with Crippen molar-refractivity contribution < 1.29 is 4.79 Å². The Bertz CT molecular complexity index is 421. The van der Waals surface area contributed by atoms with E-state index in [0.29, 0.717) is 0 Å². The van der Waals surface area contributed by atoms with Crippen molar-refractivity contribution in [3.63, 3.8) is 0 Å². The molecule has 0 radical (unpaired) electrons. The third-order valence-corrected chi connectivity index (χ3v) is 3.70. The molecular formula is C16H26ClN3O. The Hall–Kier alpha value is -1.10. The van der Waals surface area contributed by atoms with Crippen LogP contribution in [0.25, 0.3) is 0 Å². The van der Waals surface area contributed by atoms with E-state index in [9.17, 15) is 4.79 Å². The van der Waals surface area contributed by atoms with Crippen molar-refractivity contribution in [1.82, 2.24) is 15.5 Å². The summed E-state index contributed by atoms with van der Waals surface area (Å²) in [6.45, 7) is 5.62. The minimum absolute atomic E-state index is 0. The number of rotatable bonds is 6. The van der Waals surface area contributed by atoms with Gasteiger partial charge in [-0.25, -0.2) is 0 Å². The number of nitrogens with one attached hydrogen (secondary N) is 2. The highest BCUT2D eigenvalue weighted by Crippen LogP contribution is 2.08. The largest absolute Gasteiger partial charge is 0.352 e. The average Bonchev–Trinajstić information content (AvgIpc) is 2.93. The monoisotopic (exact) mass is 311 g/mol. The van der Waals surface area contributed by atoms with Gasteiger partial charge in [-0.3, -0.25) is 4.79 Å². The van der Waals surface area contributed by atoms with Crippen molar-refractivity contribution >= 4 is 18.3 Å². The molecule has 1 aliphatic heterocycles. The van der Waals surface area contributed by atoms with Crippen molar-refractivity contribution in [2.75, 3.05) is 26.7 Å². The predicted octanol–water partition coefficient (Wildman–Crippen LogP) is 1.65. The Morgan fingerprint density at radius 2 is 2.14 bits per heavy atom. The van der Waals surface area contributed by atoms with Gasteiger partial charge in [0, 0.05) is 25.7 Å². The second kappa shape index (κ2) is 9.03. The Kier molecular flexibility index (Phi) is 7.72. The van der Waals surface area contributed by atoms with Crippen molar-refractivity contribution in [1.29, 1.82) is 0 Å². The summed E-state index contributed by atoms with van der Waals surface area (Å²) in [4.78, 5) is 14.3. The van der Waals surface area contributed by atoms with Crippen molar-refractivity contribution in [3.8, 4) is 0 Å². The highest BCUT2D eigenvalue weighted by atomic mass is 35.5. The topological polar surface area (TPSA) is 44.4 Å². The van der Waals surface area contributed by atoms with Crippen molar-refractivity contribution in [2.24, 2.45) is 5.92 Å². The normalized spacial score (nSPS) is 19.1. The molecule has 4 nitrogen and oxygen atoms in total. The number of halogens is 1. The van der Waals surface area contributed by atoms with E-state index in [4.69, 9.17) is 0 Å². The molecule has 1 heterocycles. The van der Waals surface area contributed by atoms with Crippen LogP contribution >= 0.6 is 12.4 Å². The lowest BCUT2D eigenvalue weighted by molar-refractivity contribution is -0.125. The second-order valence-corrected chi connectivity index (χ2v) is 5.78. The predicted molar refractivity (Wildman–Crippen MR) is 88.6 cm³/mol. The third-order valence-electron chi connectivity index (χ3n) is 3.70. The number of amides is 1. The fourth-order valence-corrected chi connectivity index (χ4v) is 2.71. The van der Waals surface area contributed by atoms with E-state index < -0.39 is 0 Å². The summed E-state index contributed by atoms with van der Waals surface area (Å²) >= 11 is 0. The molecule has 1 aromatic rings. The quantitative estimate of drug-likeness (QED) is 0.840. The number of likely N-dealkylation sites (N-methyl/N-ethyl adjacent to an activating group) is 1. The summed E-state index contributed by atoms with van der Waals surface area (Å²) in [6.07, 6.45) is 0.957. The van der Waals surface area contributed by atoms with Gasteiger partial charge in [-0.1, -0.05) is 30.3 Å². The molecule has 0 bridgehead atoms. The molecule has 2 rings (SSSR count). The van der Waals surface area contributed by atoms with Gasteiger partial charge < -0.3 is 15.5 Å². The molecule has 1 saturated heterocycles. The SMILES string of the molecule is CC(CN(C)Cc1ccccc1)NC(=O)C1CCNC1.Cl. The maximum absolute atomic E-state index is 12.0. The van der Waals surface area contributed by atoms with Crippen LogP contribution in [0, 0.1) is 5.92 Å². The van der Waals surface area contributed by atoms with E-state index in [1.54, 1.807) is 0 Å². The fourth-order valence-electron chi connectivity index (χ4n) is 2.71. The minimum atomic E-state index is 0. The molecule has 0 aromatic heterocycles. The molecule has 1 fully saturated rings. The third kappa shape index (κ3) is 6.04. The number of nitrogens with zero attached hydrogens (tertiary/aromatic N) is 1. The summed E-state index contributed by atoms with van der Waals surface area (Å²) < 4.78 is 0. The molecule has 118 valence electrons. The zero-order chi connectivity index (χ0) is 14.4. The molecule has 0 saturated carbocycles. The van der Waals surface area contributed by atoms with Gasteiger partial charge in [-0.15, -0.1) is 12.4 Å². The molecule has 0 spiro atoms. The maximum Gasteiger partial charge on any atom is 0.224 e. The number of carbonyl (C=O) groups is 1. The Balaban J connectivity index is 0.00000220. The first-order valence-corrected chi connectivity index (χ1v) is 7.38. The summed E-state index contributed by atoms with van der Waals surface area (Å²) in [6, 6.07) is 10.6. The van der Waals surface area contributed by atoms with Gasteiger partial charge in [-0.2, -0.15) is 0 Å². The van der Waals surface area contributed by atoms with Gasteiger partial charge in [0.05, 0.1) is 5.92 Å². The van der Waals surface area contributed by atoms with Gasteiger partial charge in [-0.05, 0) is 32.5 Å². The van der Waals surface area contributed by atoms with Crippen LogP contribution in [-0.4, -0.2) is 43.5 Å². The van der Waals surface area contributed by atoms with E-state index >= 15 is 0 Å². The van der Waals surface area contributed by atoms with Crippen molar-refractivity contribution in [3.05, 3.63) is 35.9 Å². The average molecular weight is 312 g/mol. The molecule has 2 N–H and O–H groups in total. The lowest BCUT2D eigenvalue weighted by Gasteiger charge is -2.23. The van der Waals surface area contributed by atoms with Gasteiger partial charge in [0.2, 0.25) is 5.91 Å². The zero-order valence-corrected chi connectivity index (χ0v) is 13.7. The first kappa shape index (κ1) is 18.0. The number of hydrogen-bond donors (Lipinski definition) is 2. The molecule has 21 heavy (non-hydrogen) atoms. The van der Waals surface area contributed by atoms with E-state index in [0.717, 1.165) is 32.6 Å². The lowest BCUT2D eigenvalue weighted by atomic mass is 10.1. The van der Waals surface area contributed by atoms with E-state index in [2.05, 4.69) is 53.8 Å². The second-order valence-electron chi connectivity index (χ2n) is 5.78. The van der Waals surface area contributed by atoms with Gasteiger partial charge in [0.1, 0.15) is 0 Å². The van der Waals surface area contributed by atoms with Crippen LogP contribution in [0.2, 0.25) is 0 Å². The van der Waals surface area contributed by atoms with E-state index in [1.807, 2.05) is 6.07 Å². The Morgan fingerprint density at radius 3 is 2.76 bits per heavy atom. The summed E-state index contributed by atoms with van der Waals surface area (Å²) in [5.74, 6) is 0.340. The molecule has 0 aliphatic carbocycles. The van der Waals surface area contributed by atoms with Crippen LogP contribution in [0.4, 0.5) is 0 Å². The Labute approximate surface area is 133 Å². The number of hydrogen-bond acceptors (Lipinski definition) is 3. The van der Waals surface area contributed by atoms with Gasteiger partial charge in [0.15, 0.2) is 0 Å². The van der Waals surface area contributed by atoms with Gasteiger partial charge >= 0.3 is 0 Å². The number of carbonyl (C=O) groups excluding carboxylic acids is 1. The van der Waals surface area contributed by atoms with Crippen LogP contribution in [0.15, 0.2) is 30.3 Å². The van der Waals surface area contributed by atoms with Crippen molar-refractivity contribution in [2.45, 2.75) is 25.9 Å². The van der Waals surface area contributed by atoms with Crippen LogP contribution in [0.3, 0.4) is 0 Å². The number of benzene rings is 1. The maximum atomic E-state index is 12.0. The highest BCUT2D eigenvalue weighted by molar-refractivity contribution is 5.85. The Morgan fingerprint density at radius 1 is 1.43 bits per heavy atom. The molecule has 1 amide bonds. The standard InChI is InChI=1S/C16H25N3O.ClH/c1-13(18-16(20)15-8-9-17-10-15)11-19(2)12-14-6-4-3-5-7-14;/h3-7,13,15,17H,8-12H2,1-2H3,(H,18,20);1H. The minimum Gasteiger partial charge on any atom is -0.352 e. The summed E-state index contributed by atoms with van der Waals surface area (Å²) in [5, 5.41) is 6.35. The van der Waals surface area contributed by atoms with Crippen LogP contribution in [-0.2, 0) is 11.3 Å². The van der Waals surface area contributed by atoms with Crippen LogP contribution < -0.4 is 10.6 Å². The van der Waals surface area contributed by atoms with E-state index in [1.165, 1.54) is 5.56 Å². The molecule has 2 atom stereocenters.